The van der Waals surface area contributed by atoms with Gasteiger partial charge in [0.25, 0.3) is 5.91 Å². The number of benzene rings is 1. The number of nitrogens with zero attached hydrogens (tertiary/aromatic N) is 4. The molecular formula is C27H35N7O2. The lowest BCUT2D eigenvalue weighted by Gasteiger charge is -2.32. The first-order chi connectivity index (χ1) is 17.5. The third kappa shape index (κ3) is 5.91. The highest BCUT2D eigenvalue weighted by Gasteiger charge is 2.24. The quantitative estimate of drug-likeness (QED) is 0.463. The lowest BCUT2D eigenvalue weighted by Crippen LogP contribution is -2.42. The molecule has 36 heavy (non-hydrogen) atoms. The monoisotopic (exact) mass is 489 g/mol. The Balaban J connectivity index is 1.24. The molecule has 1 saturated heterocycles. The molecule has 0 atom stereocenters. The Bertz CT molecular complexity index is 1170. The van der Waals surface area contributed by atoms with Crippen molar-refractivity contribution in [1.29, 1.82) is 0 Å². The highest BCUT2D eigenvalue weighted by molar-refractivity contribution is 5.94. The normalized spacial score (nSPS) is 20.9. The summed E-state index contributed by atoms with van der Waals surface area (Å²) in [4.78, 5) is 28.4. The molecule has 3 N–H and O–H groups in total. The van der Waals surface area contributed by atoms with E-state index in [0.717, 1.165) is 68.3 Å². The molecular weight excluding hydrogens is 454 g/mol. The number of amides is 1. The zero-order valence-corrected chi connectivity index (χ0v) is 21.0. The van der Waals surface area contributed by atoms with Gasteiger partial charge in [0.1, 0.15) is 17.1 Å². The molecule has 190 valence electrons. The molecule has 2 aromatic heterocycles. The van der Waals surface area contributed by atoms with Gasteiger partial charge in [-0.1, -0.05) is 12.1 Å². The summed E-state index contributed by atoms with van der Waals surface area (Å²) in [6.45, 7) is 1.87. The maximum Gasteiger partial charge on any atom is 0.253 e. The van der Waals surface area contributed by atoms with Crippen LogP contribution in [0.4, 0.5) is 11.8 Å². The third-order valence-corrected chi connectivity index (χ3v) is 7.18. The molecule has 1 aromatic carbocycles. The van der Waals surface area contributed by atoms with Crippen LogP contribution in [0.25, 0.3) is 10.9 Å². The minimum absolute atomic E-state index is 0.0932. The molecule has 9 heteroatoms. The van der Waals surface area contributed by atoms with E-state index in [1.165, 1.54) is 0 Å². The Morgan fingerprint density at radius 1 is 1.00 bits per heavy atom. The first-order valence-corrected chi connectivity index (χ1v) is 12.9. The molecule has 1 saturated carbocycles. The van der Waals surface area contributed by atoms with Crippen LogP contribution in [0.2, 0.25) is 0 Å². The largest absolute Gasteiger partial charge is 0.488 e. The molecule has 3 aromatic rings. The topological polar surface area (TPSA) is 104 Å². The molecule has 2 aliphatic rings. The lowest BCUT2D eigenvalue weighted by molar-refractivity contribution is 0.0929. The molecule has 1 amide bonds. The third-order valence-electron chi connectivity index (χ3n) is 7.18. The molecule has 1 aliphatic heterocycles. The number of carbonyl (C=O) groups is 1. The van der Waals surface area contributed by atoms with Gasteiger partial charge in [0.15, 0.2) is 0 Å². The molecule has 0 bridgehead atoms. The minimum Gasteiger partial charge on any atom is -0.488 e. The number of para-hydroxylation sites is 1. The predicted molar refractivity (Wildman–Crippen MR) is 141 cm³/mol. The summed E-state index contributed by atoms with van der Waals surface area (Å²) in [5, 5.41) is 10.5. The van der Waals surface area contributed by atoms with E-state index in [9.17, 15) is 4.79 Å². The van der Waals surface area contributed by atoms with Gasteiger partial charge in [0, 0.05) is 29.9 Å². The van der Waals surface area contributed by atoms with Crippen LogP contribution in [0.3, 0.4) is 0 Å². The number of hydrogen-bond acceptors (Lipinski definition) is 8. The fourth-order valence-corrected chi connectivity index (χ4v) is 4.99. The number of ether oxygens (including phenoxy) is 1. The van der Waals surface area contributed by atoms with Crippen LogP contribution < -0.4 is 20.7 Å². The summed E-state index contributed by atoms with van der Waals surface area (Å²) in [6.07, 6.45) is 9.82. The number of nitrogens with one attached hydrogen (secondary N) is 3. The summed E-state index contributed by atoms with van der Waals surface area (Å²) < 4.78 is 6.41. The average molecular weight is 490 g/mol. The van der Waals surface area contributed by atoms with E-state index in [-0.39, 0.29) is 18.1 Å². The van der Waals surface area contributed by atoms with Gasteiger partial charge in [-0.25, -0.2) is 15.0 Å². The number of rotatable bonds is 7. The molecule has 0 unspecified atom stereocenters. The molecule has 5 rings (SSSR count). The van der Waals surface area contributed by atoms with Crippen molar-refractivity contribution in [3.63, 3.8) is 0 Å². The van der Waals surface area contributed by atoms with Crippen LogP contribution in [0.1, 0.15) is 48.9 Å². The van der Waals surface area contributed by atoms with Crippen molar-refractivity contribution in [2.45, 2.75) is 56.7 Å². The van der Waals surface area contributed by atoms with E-state index >= 15 is 0 Å². The van der Waals surface area contributed by atoms with Crippen molar-refractivity contribution in [1.82, 2.24) is 30.5 Å². The van der Waals surface area contributed by atoms with E-state index < -0.39 is 0 Å². The van der Waals surface area contributed by atoms with Crippen LogP contribution >= 0.6 is 0 Å². The molecule has 0 radical (unpaired) electrons. The smallest absolute Gasteiger partial charge is 0.253 e. The zero-order chi connectivity index (χ0) is 24.9. The molecule has 9 nitrogen and oxygen atoms in total. The molecule has 2 fully saturated rings. The zero-order valence-electron chi connectivity index (χ0n) is 21.0. The van der Waals surface area contributed by atoms with Gasteiger partial charge in [0.2, 0.25) is 5.95 Å². The van der Waals surface area contributed by atoms with Gasteiger partial charge in [-0.3, -0.25) is 4.79 Å². The molecule has 3 heterocycles. The fourth-order valence-electron chi connectivity index (χ4n) is 4.99. The number of fused-ring (bicyclic) bond motifs is 1. The first-order valence-electron chi connectivity index (χ1n) is 12.9. The highest BCUT2D eigenvalue weighted by atomic mass is 16.5. The van der Waals surface area contributed by atoms with Crippen LogP contribution in [0, 0.1) is 0 Å². The Kier molecular flexibility index (Phi) is 7.58. The predicted octanol–water partition coefficient (Wildman–Crippen LogP) is 3.50. The Hall–Kier alpha value is -3.30. The Morgan fingerprint density at radius 2 is 1.81 bits per heavy atom. The van der Waals surface area contributed by atoms with Gasteiger partial charge in [-0.15, -0.1) is 0 Å². The van der Waals surface area contributed by atoms with E-state index in [4.69, 9.17) is 9.72 Å². The fraction of sp³-hybridized carbons (Fsp3) is 0.481. The molecule has 0 spiro atoms. The van der Waals surface area contributed by atoms with Gasteiger partial charge in [0.05, 0.1) is 11.7 Å². The van der Waals surface area contributed by atoms with Crippen molar-refractivity contribution in [3.8, 4) is 5.75 Å². The van der Waals surface area contributed by atoms with Gasteiger partial charge in [-0.05, 0) is 83.9 Å². The summed E-state index contributed by atoms with van der Waals surface area (Å²) in [6, 6.07) is 10.3. The lowest BCUT2D eigenvalue weighted by atomic mass is 9.92. The SMILES string of the molecule is CN(C)C1CCC(Oc2cccc3cnc(Nc4ccc(C(=O)NC5CCNCC5)cn4)nc23)CC1. The van der Waals surface area contributed by atoms with Crippen molar-refractivity contribution >= 4 is 28.6 Å². The highest BCUT2D eigenvalue weighted by Crippen LogP contribution is 2.30. The van der Waals surface area contributed by atoms with Crippen LogP contribution in [-0.4, -0.2) is 71.1 Å². The second kappa shape index (κ2) is 11.2. The van der Waals surface area contributed by atoms with Gasteiger partial charge >= 0.3 is 0 Å². The van der Waals surface area contributed by atoms with E-state index in [1.54, 1.807) is 24.5 Å². The maximum atomic E-state index is 12.5. The Labute approximate surface area is 212 Å². The summed E-state index contributed by atoms with van der Waals surface area (Å²) >= 11 is 0. The summed E-state index contributed by atoms with van der Waals surface area (Å²) in [5.41, 5.74) is 1.32. The summed E-state index contributed by atoms with van der Waals surface area (Å²) in [7, 11) is 4.29. The van der Waals surface area contributed by atoms with E-state index in [2.05, 4.69) is 44.9 Å². The molecule has 1 aliphatic carbocycles. The number of aromatic nitrogens is 3. The first kappa shape index (κ1) is 24.4. The second-order valence-corrected chi connectivity index (χ2v) is 9.95. The van der Waals surface area contributed by atoms with Crippen molar-refractivity contribution in [2.24, 2.45) is 0 Å². The number of pyridine rings is 1. The number of anilines is 2. The van der Waals surface area contributed by atoms with Gasteiger partial charge in [-0.2, -0.15) is 0 Å². The van der Waals surface area contributed by atoms with Gasteiger partial charge < -0.3 is 25.6 Å². The Morgan fingerprint density at radius 3 is 2.53 bits per heavy atom. The van der Waals surface area contributed by atoms with Crippen molar-refractivity contribution in [3.05, 3.63) is 48.3 Å². The second-order valence-electron chi connectivity index (χ2n) is 9.95. The van der Waals surface area contributed by atoms with Crippen LogP contribution in [0.5, 0.6) is 5.75 Å². The minimum atomic E-state index is -0.0932. The maximum absolute atomic E-state index is 12.5. The average Bonchev–Trinajstić information content (AvgIpc) is 2.90. The van der Waals surface area contributed by atoms with E-state index in [1.807, 2.05) is 18.2 Å². The van der Waals surface area contributed by atoms with Crippen molar-refractivity contribution in [2.75, 3.05) is 32.5 Å². The number of piperidine rings is 1. The van der Waals surface area contributed by atoms with Crippen LogP contribution in [0.15, 0.2) is 42.7 Å². The van der Waals surface area contributed by atoms with Crippen LogP contribution in [-0.2, 0) is 0 Å². The standard InChI is InChI=1S/C27H35N7O2/c1-34(2)21-7-9-22(10-8-21)36-23-5-3-4-18-16-30-27(33-25(18)23)32-24-11-6-19(17-29-24)26(35)31-20-12-14-28-15-13-20/h3-6,11,16-17,20-22,28H,7-10,12-15H2,1-2H3,(H,31,35)(H,29,30,32,33). The van der Waals surface area contributed by atoms with E-state index in [0.29, 0.717) is 23.4 Å². The number of carbonyl (C=O) groups excluding carboxylic acids is 1. The van der Waals surface area contributed by atoms with Crippen molar-refractivity contribution < 1.29 is 9.53 Å². The number of hydrogen-bond donors (Lipinski definition) is 3. The summed E-state index contributed by atoms with van der Waals surface area (Å²) in [5.74, 6) is 1.70.